The number of nitrogens with one attached hydrogen (secondary N) is 2. The van der Waals surface area contributed by atoms with Gasteiger partial charge in [-0.15, -0.1) is 0 Å². The average Bonchev–Trinajstić information content (AvgIpc) is 2.29. The summed E-state index contributed by atoms with van der Waals surface area (Å²) in [6.07, 6.45) is 0. The summed E-state index contributed by atoms with van der Waals surface area (Å²) in [5, 5.41) is 2.89. The Bertz CT molecular complexity index is 333. The fourth-order valence-electron chi connectivity index (χ4n) is 1.47. The number of quaternary nitrogens is 1. The molecule has 1 amide bonds. The second kappa shape index (κ2) is 6.66. The molecule has 0 aliphatic carbocycles. The van der Waals surface area contributed by atoms with Crippen LogP contribution in [0.4, 0.5) is 5.69 Å². The van der Waals surface area contributed by atoms with Crippen LogP contribution in [0.3, 0.4) is 0 Å². The van der Waals surface area contributed by atoms with Gasteiger partial charge in [-0.3, -0.25) is 4.79 Å². The maximum atomic E-state index is 11.7. The molecule has 1 aromatic rings. The van der Waals surface area contributed by atoms with Gasteiger partial charge in [-0.1, -0.05) is 15.9 Å². The highest BCUT2D eigenvalue weighted by Crippen LogP contribution is 2.13. The predicted molar refractivity (Wildman–Crippen MR) is 69.7 cm³/mol. The number of carbonyl (C=O) groups excluding carboxylic acids is 1. The van der Waals surface area contributed by atoms with Crippen LogP contribution in [-0.2, 0) is 4.79 Å². The maximum absolute atomic E-state index is 11.7. The number of halogens is 1. The van der Waals surface area contributed by atoms with E-state index >= 15 is 0 Å². The molecule has 16 heavy (non-hydrogen) atoms. The molecule has 0 unspecified atom stereocenters. The van der Waals surface area contributed by atoms with Crippen molar-refractivity contribution < 1.29 is 9.69 Å². The number of amides is 1. The summed E-state index contributed by atoms with van der Waals surface area (Å²) in [5.74, 6) is 0.0704. The first-order chi connectivity index (χ1) is 7.65. The van der Waals surface area contributed by atoms with E-state index < -0.39 is 0 Å². The maximum Gasteiger partial charge on any atom is 0.279 e. The Hall–Kier alpha value is -0.870. The highest BCUT2D eigenvalue weighted by atomic mass is 79.9. The highest BCUT2D eigenvalue weighted by molar-refractivity contribution is 9.10. The van der Waals surface area contributed by atoms with Crippen LogP contribution in [0, 0.1) is 0 Å². The molecule has 0 spiro atoms. The van der Waals surface area contributed by atoms with Crippen molar-refractivity contribution in [1.82, 2.24) is 0 Å². The second-order valence-electron chi connectivity index (χ2n) is 3.69. The van der Waals surface area contributed by atoms with Crippen molar-refractivity contribution in [3.63, 3.8) is 0 Å². The summed E-state index contributed by atoms with van der Waals surface area (Å²) in [5.41, 5.74) is 0.847. The minimum atomic E-state index is 0.0704. The van der Waals surface area contributed by atoms with Crippen LogP contribution in [-0.4, -0.2) is 25.5 Å². The molecule has 0 saturated carbocycles. The Kier molecular flexibility index (Phi) is 5.49. The van der Waals surface area contributed by atoms with Gasteiger partial charge in [-0.2, -0.15) is 0 Å². The van der Waals surface area contributed by atoms with Gasteiger partial charge in [0.15, 0.2) is 6.54 Å². The predicted octanol–water partition coefficient (Wildman–Crippen LogP) is 1.31. The Balaban J connectivity index is 2.48. The number of carbonyl (C=O) groups is 1. The van der Waals surface area contributed by atoms with E-state index in [1.807, 2.05) is 24.3 Å². The van der Waals surface area contributed by atoms with Gasteiger partial charge in [0.1, 0.15) is 0 Å². The Labute approximate surface area is 105 Å². The topological polar surface area (TPSA) is 33.5 Å². The number of anilines is 1. The fourth-order valence-corrected chi connectivity index (χ4v) is 1.73. The third-order valence-corrected chi connectivity index (χ3v) is 3.07. The van der Waals surface area contributed by atoms with Crippen LogP contribution in [0.25, 0.3) is 0 Å². The van der Waals surface area contributed by atoms with E-state index in [4.69, 9.17) is 0 Å². The summed E-state index contributed by atoms with van der Waals surface area (Å²) < 4.78 is 1.01. The fraction of sp³-hybridized carbons (Fsp3) is 0.417. The van der Waals surface area contributed by atoms with E-state index in [-0.39, 0.29) is 5.91 Å². The zero-order chi connectivity index (χ0) is 12.0. The van der Waals surface area contributed by atoms with Crippen LogP contribution < -0.4 is 10.2 Å². The van der Waals surface area contributed by atoms with Gasteiger partial charge < -0.3 is 10.2 Å². The molecule has 1 rings (SSSR count). The molecule has 0 aliphatic heterocycles. The summed E-state index contributed by atoms with van der Waals surface area (Å²) in [4.78, 5) is 13.0. The largest absolute Gasteiger partial charge is 0.328 e. The summed E-state index contributed by atoms with van der Waals surface area (Å²) in [7, 11) is 0. The van der Waals surface area contributed by atoms with E-state index in [1.165, 1.54) is 4.90 Å². The van der Waals surface area contributed by atoms with Crippen molar-refractivity contribution in [2.75, 3.05) is 25.0 Å². The number of rotatable bonds is 5. The lowest BCUT2D eigenvalue weighted by Crippen LogP contribution is -3.12. The monoisotopic (exact) mass is 285 g/mol. The molecule has 3 nitrogen and oxygen atoms in total. The minimum Gasteiger partial charge on any atom is -0.328 e. The van der Waals surface area contributed by atoms with Crippen LogP contribution in [0.1, 0.15) is 13.8 Å². The van der Waals surface area contributed by atoms with Gasteiger partial charge in [0.05, 0.1) is 13.1 Å². The third kappa shape index (κ3) is 4.33. The standard InChI is InChI=1S/C12H17BrN2O/c1-3-15(4-2)9-12(16)14-11-7-5-10(13)6-8-11/h5-8H,3-4,9H2,1-2H3,(H,14,16)/p+1. The quantitative estimate of drug-likeness (QED) is 0.841. The molecule has 4 heteroatoms. The van der Waals surface area contributed by atoms with Gasteiger partial charge in [-0.05, 0) is 38.1 Å². The van der Waals surface area contributed by atoms with Crippen molar-refractivity contribution in [2.45, 2.75) is 13.8 Å². The molecule has 0 aromatic heterocycles. The van der Waals surface area contributed by atoms with Gasteiger partial charge in [0.25, 0.3) is 5.91 Å². The summed E-state index contributed by atoms with van der Waals surface area (Å²) in [6, 6.07) is 7.61. The van der Waals surface area contributed by atoms with Crippen molar-refractivity contribution in [3.8, 4) is 0 Å². The van der Waals surface area contributed by atoms with Gasteiger partial charge in [0, 0.05) is 10.2 Å². The number of benzene rings is 1. The van der Waals surface area contributed by atoms with Gasteiger partial charge in [0.2, 0.25) is 0 Å². The zero-order valence-electron chi connectivity index (χ0n) is 9.72. The zero-order valence-corrected chi connectivity index (χ0v) is 11.3. The lowest BCUT2D eigenvalue weighted by molar-refractivity contribution is -0.888. The van der Waals surface area contributed by atoms with Crippen molar-refractivity contribution in [3.05, 3.63) is 28.7 Å². The second-order valence-corrected chi connectivity index (χ2v) is 4.60. The molecule has 0 aliphatic rings. The molecule has 0 atom stereocenters. The summed E-state index contributed by atoms with van der Waals surface area (Å²) in [6.45, 7) is 6.66. The smallest absolute Gasteiger partial charge is 0.279 e. The Morgan fingerprint density at radius 1 is 1.25 bits per heavy atom. The van der Waals surface area contributed by atoms with E-state index in [9.17, 15) is 4.79 Å². The normalized spacial score (nSPS) is 10.5. The highest BCUT2D eigenvalue weighted by Gasteiger charge is 2.10. The molecule has 1 aromatic carbocycles. The molecule has 88 valence electrons. The van der Waals surface area contributed by atoms with E-state index in [1.54, 1.807) is 0 Å². The molecular weight excluding hydrogens is 268 g/mol. The average molecular weight is 286 g/mol. The SMILES string of the molecule is CC[NH+](CC)CC(=O)Nc1ccc(Br)cc1. The number of hydrogen-bond donors (Lipinski definition) is 2. The van der Waals surface area contributed by atoms with Crippen molar-refractivity contribution in [1.29, 1.82) is 0 Å². The molecule has 0 heterocycles. The van der Waals surface area contributed by atoms with Crippen LogP contribution in [0.5, 0.6) is 0 Å². The molecule has 0 bridgehead atoms. The first kappa shape index (κ1) is 13.2. The summed E-state index contributed by atoms with van der Waals surface area (Å²) >= 11 is 3.36. The van der Waals surface area contributed by atoms with E-state index in [0.717, 1.165) is 23.2 Å². The lowest BCUT2D eigenvalue weighted by atomic mass is 10.3. The van der Waals surface area contributed by atoms with E-state index in [0.29, 0.717) is 6.54 Å². The minimum absolute atomic E-state index is 0.0704. The van der Waals surface area contributed by atoms with Gasteiger partial charge >= 0.3 is 0 Å². The Morgan fingerprint density at radius 3 is 2.31 bits per heavy atom. The van der Waals surface area contributed by atoms with E-state index in [2.05, 4.69) is 35.1 Å². The van der Waals surface area contributed by atoms with Crippen LogP contribution in [0.2, 0.25) is 0 Å². The molecule has 0 fully saturated rings. The number of hydrogen-bond acceptors (Lipinski definition) is 1. The van der Waals surface area contributed by atoms with Crippen LogP contribution in [0.15, 0.2) is 28.7 Å². The van der Waals surface area contributed by atoms with Crippen molar-refractivity contribution >= 4 is 27.5 Å². The third-order valence-electron chi connectivity index (χ3n) is 2.54. The molecular formula is C12H18BrN2O+. The molecule has 2 N–H and O–H groups in total. The lowest BCUT2D eigenvalue weighted by Gasteiger charge is -2.14. The first-order valence-corrected chi connectivity index (χ1v) is 6.34. The van der Waals surface area contributed by atoms with Crippen LogP contribution >= 0.6 is 15.9 Å². The van der Waals surface area contributed by atoms with Gasteiger partial charge in [-0.25, -0.2) is 0 Å². The number of likely N-dealkylation sites (N-methyl/N-ethyl adjacent to an activating group) is 1. The molecule has 0 radical (unpaired) electrons. The van der Waals surface area contributed by atoms with Crippen molar-refractivity contribution in [2.24, 2.45) is 0 Å². The first-order valence-electron chi connectivity index (χ1n) is 5.54. The Morgan fingerprint density at radius 2 is 1.81 bits per heavy atom. The molecule has 0 saturated heterocycles.